The van der Waals surface area contributed by atoms with E-state index in [-0.39, 0.29) is 48.7 Å². The van der Waals surface area contributed by atoms with Crippen LogP contribution in [0.3, 0.4) is 0 Å². The summed E-state index contributed by atoms with van der Waals surface area (Å²) in [5.41, 5.74) is 7.34. The summed E-state index contributed by atoms with van der Waals surface area (Å²) in [6.07, 6.45) is 0.612. The van der Waals surface area contributed by atoms with Gasteiger partial charge >= 0.3 is 11.9 Å². The van der Waals surface area contributed by atoms with E-state index in [1.165, 1.54) is 17.2 Å². The number of fused-ring (bicyclic) bond motifs is 2. The van der Waals surface area contributed by atoms with E-state index in [4.69, 9.17) is 15.4 Å². The maximum Gasteiger partial charge on any atom is 0.348 e. The third-order valence-electron chi connectivity index (χ3n) is 5.63. The maximum atomic E-state index is 12.4. The second kappa shape index (κ2) is 9.31. The minimum Gasteiger partial charge on any atom is -0.341 e. The van der Waals surface area contributed by atoms with Crippen LogP contribution in [0.15, 0.2) is 36.4 Å². The van der Waals surface area contributed by atoms with Gasteiger partial charge in [0, 0.05) is 12.1 Å². The molecule has 1 unspecified atom stereocenters. The fraction of sp³-hybridized carbons (Fsp3) is 0.333. The first-order valence-corrected chi connectivity index (χ1v) is 10.5. The van der Waals surface area contributed by atoms with Crippen LogP contribution < -0.4 is 15.9 Å². The molecule has 13 heteroatoms. The van der Waals surface area contributed by atoms with Crippen molar-refractivity contribution in [2.45, 2.75) is 31.7 Å². The molecule has 0 amide bonds. The van der Waals surface area contributed by atoms with Crippen LogP contribution in [0.5, 0.6) is 0 Å². The Balaban J connectivity index is 1.33. The summed E-state index contributed by atoms with van der Waals surface area (Å²) in [4.78, 5) is 56.8. The molecule has 0 fully saturated rings. The molecule has 2 heterocycles. The van der Waals surface area contributed by atoms with Crippen molar-refractivity contribution >= 4 is 34.7 Å². The molecule has 0 aliphatic carbocycles. The smallest absolute Gasteiger partial charge is 0.341 e. The van der Waals surface area contributed by atoms with Crippen LogP contribution in [0.4, 0.5) is 22.7 Å². The van der Waals surface area contributed by atoms with Crippen molar-refractivity contribution in [2.75, 3.05) is 23.2 Å². The minimum absolute atomic E-state index is 0.104. The molecule has 34 heavy (non-hydrogen) atoms. The van der Waals surface area contributed by atoms with Gasteiger partial charge in [-0.2, -0.15) is 10.1 Å². The van der Waals surface area contributed by atoms with E-state index in [0.29, 0.717) is 24.0 Å². The molecule has 2 aliphatic rings. The van der Waals surface area contributed by atoms with Crippen LogP contribution in [0.2, 0.25) is 0 Å². The average molecular weight is 471 g/mol. The molecule has 0 saturated carbocycles. The zero-order valence-corrected chi connectivity index (χ0v) is 17.9. The number of carbonyl (C=O) groups excluding carboxylic acids is 2. The second-order valence-electron chi connectivity index (χ2n) is 7.81. The Hall–Kier alpha value is -4.26. The molecule has 1 atom stereocenters. The highest BCUT2D eigenvalue weighted by molar-refractivity contribution is 5.80. The van der Waals surface area contributed by atoms with Gasteiger partial charge in [-0.3, -0.25) is 20.2 Å². The molecular formula is C21H21N5O8. The van der Waals surface area contributed by atoms with Gasteiger partial charge in [0.1, 0.15) is 6.04 Å². The minimum atomic E-state index is -1.18. The molecule has 2 aromatic rings. The largest absolute Gasteiger partial charge is 0.348 e. The molecule has 178 valence electrons. The lowest BCUT2D eigenvalue weighted by atomic mass is 10.1. The van der Waals surface area contributed by atoms with Crippen molar-refractivity contribution < 1.29 is 29.1 Å². The van der Waals surface area contributed by atoms with E-state index in [2.05, 4.69) is 0 Å². The maximum absolute atomic E-state index is 12.4. The Morgan fingerprint density at radius 1 is 0.912 bits per heavy atom. The van der Waals surface area contributed by atoms with Gasteiger partial charge in [0.25, 0.3) is 11.4 Å². The first kappa shape index (κ1) is 22.9. The second-order valence-corrected chi connectivity index (χ2v) is 7.81. The van der Waals surface area contributed by atoms with Gasteiger partial charge in [0.05, 0.1) is 29.4 Å². The molecule has 0 spiro atoms. The number of para-hydroxylation sites is 2. The number of nitro benzene ring substituents is 2. The fourth-order valence-corrected chi connectivity index (χ4v) is 4.02. The summed E-state index contributed by atoms with van der Waals surface area (Å²) >= 11 is 0. The van der Waals surface area contributed by atoms with Crippen LogP contribution in [0.1, 0.15) is 24.0 Å². The number of benzene rings is 2. The van der Waals surface area contributed by atoms with E-state index in [1.54, 1.807) is 24.3 Å². The van der Waals surface area contributed by atoms with Crippen LogP contribution in [-0.4, -0.2) is 40.9 Å². The number of nitrogens with two attached hydrogens (primary N) is 1. The Labute approximate surface area is 192 Å². The summed E-state index contributed by atoms with van der Waals surface area (Å²) in [7, 11) is 0. The number of carbonyl (C=O) groups is 2. The lowest BCUT2D eigenvalue weighted by Crippen LogP contribution is -2.38. The van der Waals surface area contributed by atoms with Crippen LogP contribution in [0, 0.1) is 20.2 Å². The third kappa shape index (κ3) is 4.45. The number of hydroxylamine groups is 2. The highest BCUT2D eigenvalue weighted by Gasteiger charge is 2.33. The number of anilines is 2. The first-order valence-electron chi connectivity index (χ1n) is 10.5. The monoisotopic (exact) mass is 471 g/mol. The quantitative estimate of drug-likeness (QED) is 0.440. The van der Waals surface area contributed by atoms with Crippen molar-refractivity contribution in [1.82, 2.24) is 0 Å². The Morgan fingerprint density at radius 3 is 1.91 bits per heavy atom. The van der Waals surface area contributed by atoms with Crippen LogP contribution in [-0.2, 0) is 32.1 Å². The number of nitro groups is 2. The van der Waals surface area contributed by atoms with Gasteiger partial charge in [-0.05, 0) is 30.4 Å². The first-order chi connectivity index (χ1) is 16.3. The lowest BCUT2D eigenvalue weighted by Gasteiger charge is -2.21. The molecule has 2 N–H and O–H groups in total. The van der Waals surface area contributed by atoms with Crippen molar-refractivity contribution in [3.8, 4) is 0 Å². The van der Waals surface area contributed by atoms with E-state index >= 15 is 0 Å². The normalized spacial score (nSPS) is 14.9. The molecule has 0 radical (unpaired) electrons. The number of rotatable bonds is 8. The van der Waals surface area contributed by atoms with Crippen molar-refractivity contribution in [2.24, 2.45) is 5.73 Å². The van der Waals surface area contributed by atoms with Crippen LogP contribution >= 0.6 is 0 Å². The molecule has 0 bridgehead atoms. The summed E-state index contributed by atoms with van der Waals surface area (Å²) in [6.45, 7) is 0.515. The van der Waals surface area contributed by atoms with E-state index in [0.717, 1.165) is 5.06 Å². The van der Waals surface area contributed by atoms with Gasteiger partial charge in [0.15, 0.2) is 11.4 Å². The fourth-order valence-electron chi connectivity index (χ4n) is 4.02. The standard InChI is InChI=1S/C21H21N5O8/c22-15(21(28)34-24-12-10-14-4-2-6-17(20(14)24)26(31)32)7-8-18(27)33-23-11-9-13-3-1-5-16(19(13)23)25(29)30/h1-6,15H,7-12,22H2. The molecule has 2 aromatic carbocycles. The molecule has 0 aromatic heterocycles. The van der Waals surface area contributed by atoms with E-state index in [1.807, 2.05) is 0 Å². The Morgan fingerprint density at radius 2 is 1.41 bits per heavy atom. The zero-order valence-electron chi connectivity index (χ0n) is 17.9. The van der Waals surface area contributed by atoms with Crippen molar-refractivity contribution in [1.29, 1.82) is 0 Å². The van der Waals surface area contributed by atoms with Crippen molar-refractivity contribution in [3.63, 3.8) is 0 Å². The number of nitrogens with zero attached hydrogens (tertiary/aromatic N) is 4. The summed E-state index contributed by atoms with van der Waals surface area (Å²) in [5, 5.41) is 24.9. The summed E-state index contributed by atoms with van der Waals surface area (Å²) in [5.74, 6) is -1.56. The van der Waals surface area contributed by atoms with Crippen LogP contribution in [0.25, 0.3) is 0 Å². The van der Waals surface area contributed by atoms with Gasteiger partial charge in [-0.15, -0.1) is 0 Å². The van der Waals surface area contributed by atoms with Gasteiger partial charge in [-0.25, -0.2) is 9.59 Å². The highest BCUT2D eigenvalue weighted by Crippen LogP contribution is 2.38. The lowest BCUT2D eigenvalue weighted by molar-refractivity contribution is -0.384. The molecule has 2 aliphatic heterocycles. The average Bonchev–Trinajstić information content (AvgIpc) is 3.41. The topological polar surface area (TPSA) is 171 Å². The number of hydrogen-bond donors (Lipinski definition) is 1. The van der Waals surface area contributed by atoms with Crippen molar-refractivity contribution in [3.05, 3.63) is 67.8 Å². The molecule has 0 saturated heterocycles. The van der Waals surface area contributed by atoms with E-state index in [9.17, 15) is 29.8 Å². The Kier molecular flexibility index (Phi) is 6.27. The Bertz CT molecular complexity index is 1170. The number of hydrogen-bond acceptors (Lipinski definition) is 11. The van der Waals surface area contributed by atoms with Gasteiger partial charge < -0.3 is 15.4 Å². The van der Waals surface area contributed by atoms with Gasteiger partial charge in [-0.1, -0.05) is 24.3 Å². The predicted molar refractivity (Wildman–Crippen MR) is 118 cm³/mol. The molecule has 4 rings (SSSR count). The highest BCUT2D eigenvalue weighted by atomic mass is 16.7. The summed E-state index contributed by atoms with van der Waals surface area (Å²) in [6, 6.07) is 8.04. The molecule has 13 nitrogen and oxygen atoms in total. The third-order valence-corrected chi connectivity index (χ3v) is 5.63. The summed E-state index contributed by atoms with van der Waals surface area (Å²) < 4.78 is 0. The predicted octanol–water partition coefficient (Wildman–Crippen LogP) is 1.95. The SMILES string of the molecule is NC(CCC(=O)ON1CCc2cccc([N+](=O)[O-])c21)C(=O)ON1CCc2cccc([N+](=O)[O-])c21. The zero-order chi connectivity index (χ0) is 24.4. The molecular weight excluding hydrogens is 450 g/mol. The van der Waals surface area contributed by atoms with Gasteiger partial charge in [0.2, 0.25) is 0 Å². The van der Waals surface area contributed by atoms with E-state index < -0.39 is 27.8 Å².